The zero-order chi connectivity index (χ0) is 18.2. The van der Waals surface area contributed by atoms with Gasteiger partial charge in [0.2, 0.25) is 0 Å². The average molecular weight is 374 g/mol. The highest BCUT2D eigenvalue weighted by atomic mass is 35.5. The summed E-state index contributed by atoms with van der Waals surface area (Å²) in [6, 6.07) is 18.0. The second-order valence-electron chi connectivity index (χ2n) is 6.99. The molecule has 130 valence electrons. The molecule has 0 unspecified atom stereocenters. The minimum atomic E-state index is -3.77. The molecule has 1 N–H and O–H groups in total. The molecule has 0 atom stereocenters. The maximum absolute atomic E-state index is 12.8. The largest absolute Gasteiger partial charge is 0.279 e. The molecule has 3 nitrogen and oxygen atoms in total. The van der Waals surface area contributed by atoms with Gasteiger partial charge in [0, 0.05) is 5.39 Å². The van der Waals surface area contributed by atoms with Crippen LogP contribution in [0, 0.1) is 0 Å². The minimum Gasteiger partial charge on any atom is -0.279 e. The van der Waals surface area contributed by atoms with Gasteiger partial charge in [-0.2, -0.15) is 0 Å². The van der Waals surface area contributed by atoms with Crippen LogP contribution in [-0.4, -0.2) is 8.42 Å². The molecule has 0 aliphatic rings. The normalized spacial score (nSPS) is 12.3. The molecule has 0 fully saturated rings. The first-order valence-corrected chi connectivity index (χ1v) is 9.86. The molecular formula is C20H20ClNO2S. The van der Waals surface area contributed by atoms with E-state index in [1.807, 2.05) is 24.3 Å². The van der Waals surface area contributed by atoms with Crippen molar-refractivity contribution in [3.05, 3.63) is 71.2 Å². The zero-order valence-electron chi connectivity index (χ0n) is 14.4. The van der Waals surface area contributed by atoms with Crippen molar-refractivity contribution < 1.29 is 8.42 Å². The molecule has 0 aliphatic heterocycles. The standard InChI is InChI=1S/C20H20ClNO2S/c1-20(2,3)16-10-6-9-15-14(16)8-7-12-18(15)22-25(23,24)19-13-5-4-11-17(19)21/h4-13,22H,1-3H3. The second kappa shape index (κ2) is 6.36. The molecule has 0 bridgehead atoms. The maximum Gasteiger partial charge on any atom is 0.263 e. The summed E-state index contributed by atoms with van der Waals surface area (Å²) in [6.45, 7) is 6.42. The van der Waals surface area contributed by atoms with Crippen LogP contribution in [0.3, 0.4) is 0 Å². The summed E-state index contributed by atoms with van der Waals surface area (Å²) < 4.78 is 28.2. The molecule has 5 heteroatoms. The highest BCUT2D eigenvalue weighted by Gasteiger charge is 2.21. The van der Waals surface area contributed by atoms with Crippen LogP contribution in [0.15, 0.2) is 65.6 Å². The third-order valence-electron chi connectivity index (χ3n) is 4.10. The van der Waals surface area contributed by atoms with Crippen molar-refractivity contribution in [1.82, 2.24) is 0 Å². The van der Waals surface area contributed by atoms with Gasteiger partial charge in [-0.1, -0.05) is 74.8 Å². The Bertz CT molecular complexity index is 1040. The molecule has 0 aliphatic carbocycles. The van der Waals surface area contributed by atoms with Crippen LogP contribution in [0.4, 0.5) is 5.69 Å². The number of nitrogens with one attached hydrogen (secondary N) is 1. The SMILES string of the molecule is CC(C)(C)c1cccc2c(NS(=O)(=O)c3ccccc3Cl)cccc12. The molecule has 0 amide bonds. The number of hydrogen-bond donors (Lipinski definition) is 1. The lowest BCUT2D eigenvalue weighted by molar-refractivity contribution is 0.596. The molecule has 0 aromatic heterocycles. The average Bonchev–Trinajstić information content (AvgIpc) is 2.53. The summed E-state index contributed by atoms with van der Waals surface area (Å²) in [7, 11) is -3.77. The third-order valence-corrected chi connectivity index (χ3v) is 5.97. The lowest BCUT2D eigenvalue weighted by atomic mass is 9.83. The Morgan fingerprint density at radius 3 is 2.16 bits per heavy atom. The first-order valence-electron chi connectivity index (χ1n) is 8.00. The Balaban J connectivity index is 2.13. The molecule has 0 heterocycles. The predicted octanol–water partition coefficient (Wildman–Crippen LogP) is 5.59. The number of sulfonamides is 1. The van der Waals surface area contributed by atoms with Crippen LogP contribution in [0.2, 0.25) is 5.02 Å². The Hall–Kier alpha value is -2.04. The summed E-state index contributed by atoms with van der Waals surface area (Å²) in [4.78, 5) is 0.0700. The van der Waals surface area contributed by atoms with Crippen molar-refractivity contribution in [2.45, 2.75) is 31.1 Å². The smallest absolute Gasteiger partial charge is 0.263 e. The summed E-state index contributed by atoms with van der Waals surface area (Å²) in [5.74, 6) is 0. The molecule has 0 saturated heterocycles. The van der Waals surface area contributed by atoms with Crippen LogP contribution >= 0.6 is 11.6 Å². The van der Waals surface area contributed by atoms with E-state index in [2.05, 4.69) is 31.6 Å². The van der Waals surface area contributed by atoms with Gasteiger partial charge in [0.1, 0.15) is 4.90 Å². The monoisotopic (exact) mass is 373 g/mol. The first kappa shape index (κ1) is 17.8. The van der Waals surface area contributed by atoms with E-state index in [0.717, 1.165) is 10.8 Å². The Morgan fingerprint density at radius 1 is 0.840 bits per heavy atom. The van der Waals surface area contributed by atoms with Crippen molar-refractivity contribution >= 4 is 38.1 Å². The van der Waals surface area contributed by atoms with Crippen LogP contribution < -0.4 is 4.72 Å². The van der Waals surface area contributed by atoms with Crippen LogP contribution in [0.1, 0.15) is 26.3 Å². The fraction of sp³-hybridized carbons (Fsp3) is 0.200. The van der Waals surface area contributed by atoms with Gasteiger partial charge in [-0.25, -0.2) is 8.42 Å². The fourth-order valence-corrected chi connectivity index (χ4v) is 4.52. The second-order valence-corrected chi connectivity index (χ2v) is 9.05. The van der Waals surface area contributed by atoms with E-state index in [-0.39, 0.29) is 15.3 Å². The van der Waals surface area contributed by atoms with Crippen molar-refractivity contribution in [1.29, 1.82) is 0 Å². The van der Waals surface area contributed by atoms with Gasteiger partial charge < -0.3 is 0 Å². The first-order chi connectivity index (χ1) is 11.7. The molecule has 0 radical (unpaired) electrons. The third kappa shape index (κ3) is 3.51. The highest BCUT2D eigenvalue weighted by Crippen LogP contribution is 2.34. The van der Waals surface area contributed by atoms with Gasteiger partial charge in [0.05, 0.1) is 10.7 Å². The number of fused-ring (bicyclic) bond motifs is 1. The minimum absolute atomic E-state index is 0.0419. The van der Waals surface area contributed by atoms with Gasteiger partial charge in [-0.3, -0.25) is 4.72 Å². The van der Waals surface area contributed by atoms with E-state index < -0.39 is 10.0 Å². The van der Waals surface area contributed by atoms with Gasteiger partial charge in [0.15, 0.2) is 0 Å². The molecule has 3 rings (SSSR count). The molecule has 25 heavy (non-hydrogen) atoms. The van der Waals surface area contributed by atoms with Crippen molar-refractivity contribution in [3.8, 4) is 0 Å². The van der Waals surface area contributed by atoms with Gasteiger partial charge in [0.25, 0.3) is 10.0 Å². The van der Waals surface area contributed by atoms with E-state index in [0.29, 0.717) is 5.69 Å². The van der Waals surface area contributed by atoms with Crippen molar-refractivity contribution in [2.75, 3.05) is 4.72 Å². The van der Waals surface area contributed by atoms with Gasteiger partial charge in [-0.15, -0.1) is 0 Å². The maximum atomic E-state index is 12.8. The van der Waals surface area contributed by atoms with E-state index >= 15 is 0 Å². The number of benzene rings is 3. The van der Waals surface area contributed by atoms with Gasteiger partial charge in [-0.05, 0) is 34.6 Å². The van der Waals surface area contributed by atoms with E-state index in [9.17, 15) is 8.42 Å². The number of anilines is 1. The lowest BCUT2D eigenvalue weighted by Gasteiger charge is -2.22. The zero-order valence-corrected chi connectivity index (χ0v) is 15.9. The van der Waals surface area contributed by atoms with Crippen LogP contribution in [0.25, 0.3) is 10.8 Å². The molecule has 3 aromatic rings. The quantitative estimate of drug-likeness (QED) is 0.650. The summed E-state index contributed by atoms with van der Waals surface area (Å²) in [5.41, 5.74) is 1.67. The van der Waals surface area contributed by atoms with Crippen LogP contribution in [-0.2, 0) is 15.4 Å². The van der Waals surface area contributed by atoms with E-state index in [4.69, 9.17) is 11.6 Å². The summed E-state index contributed by atoms with van der Waals surface area (Å²) in [5, 5.41) is 2.10. The Labute approximate surface area is 153 Å². The lowest BCUT2D eigenvalue weighted by Crippen LogP contribution is -2.14. The fourth-order valence-electron chi connectivity index (χ4n) is 2.92. The van der Waals surface area contributed by atoms with Crippen molar-refractivity contribution in [3.63, 3.8) is 0 Å². The topological polar surface area (TPSA) is 46.2 Å². The predicted molar refractivity (Wildman–Crippen MR) is 105 cm³/mol. The molecule has 3 aromatic carbocycles. The molecular weight excluding hydrogens is 354 g/mol. The summed E-state index contributed by atoms with van der Waals surface area (Å²) >= 11 is 6.06. The number of hydrogen-bond acceptors (Lipinski definition) is 2. The Kier molecular flexibility index (Phi) is 4.52. The highest BCUT2D eigenvalue weighted by molar-refractivity contribution is 7.92. The number of halogens is 1. The Morgan fingerprint density at radius 2 is 1.48 bits per heavy atom. The van der Waals surface area contributed by atoms with E-state index in [1.165, 1.54) is 11.6 Å². The van der Waals surface area contributed by atoms with Crippen LogP contribution in [0.5, 0.6) is 0 Å². The molecule has 0 saturated carbocycles. The van der Waals surface area contributed by atoms with Gasteiger partial charge >= 0.3 is 0 Å². The molecule has 0 spiro atoms. The van der Waals surface area contributed by atoms with E-state index in [1.54, 1.807) is 24.3 Å². The number of rotatable bonds is 3. The summed E-state index contributed by atoms with van der Waals surface area (Å²) in [6.07, 6.45) is 0. The van der Waals surface area contributed by atoms with Crippen molar-refractivity contribution in [2.24, 2.45) is 0 Å².